The highest BCUT2D eigenvalue weighted by Crippen LogP contribution is 2.34. The highest BCUT2D eigenvalue weighted by atomic mass is 32.2. The van der Waals surface area contributed by atoms with Gasteiger partial charge < -0.3 is 5.32 Å². The van der Waals surface area contributed by atoms with Crippen molar-refractivity contribution in [3.8, 4) is 0 Å². The molecular formula is C19H19F6N3O3S. The zero-order valence-corrected chi connectivity index (χ0v) is 17.3. The zero-order chi connectivity index (χ0) is 23.7. The van der Waals surface area contributed by atoms with Crippen molar-refractivity contribution in [3.63, 3.8) is 0 Å². The number of nitrogens with one attached hydrogen (secondary N) is 1. The van der Waals surface area contributed by atoms with Gasteiger partial charge in [-0.05, 0) is 49.9 Å². The number of alkyl halides is 6. The molecule has 0 unspecified atom stereocenters. The zero-order valence-electron chi connectivity index (χ0n) is 16.4. The predicted molar refractivity (Wildman–Crippen MR) is 100 cm³/mol. The summed E-state index contributed by atoms with van der Waals surface area (Å²) in [6.07, 6.45) is -7.57. The van der Waals surface area contributed by atoms with E-state index in [2.05, 4.69) is 10.4 Å². The van der Waals surface area contributed by atoms with Crippen LogP contribution in [0.15, 0.2) is 41.4 Å². The third-order valence-corrected chi connectivity index (χ3v) is 7.48. The van der Waals surface area contributed by atoms with Crippen LogP contribution in [0, 0.1) is 0 Å². The molecule has 6 nitrogen and oxygen atoms in total. The lowest BCUT2D eigenvalue weighted by Crippen LogP contribution is -2.41. The molecule has 1 N–H and O–H groups in total. The van der Waals surface area contributed by atoms with Crippen LogP contribution in [0.2, 0.25) is 0 Å². The number of amides is 1. The number of sulfone groups is 1. The Labute approximate surface area is 179 Å². The van der Waals surface area contributed by atoms with Crippen molar-refractivity contribution < 1.29 is 39.6 Å². The molecule has 13 heteroatoms. The van der Waals surface area contributed by atoms with E-state index in [1.807, 2.05) is 0 Å². The molecule has 0 spiro atoms. The second-order valence-corrected chi connectivity index (χ2v) is 9.74. The molecule has 1 amide bonds. The van der Waals surface area contributed by atoms with Gasteiger partial charge in [-0.25, -0.2) is 8.42 Å². The van der Waals surface area contributed by atoms with Crippen molar-refractivity contribution in [2.75, 3.05) is 0 Å². The highest BCUT2D eigenvalue weighted by molar-refractivity contribution is 7.92. The summed E-state index contributed by atoms with van der Waals surface area (Å²) in [5.74, 6) is -0.768. The summed E-state index contributed by atoms with van der Waals surface area (Å²) in [5, 5.41) is 5.15. The van der Waals surface area contributed by atoms with Gasteiger partial charge in [0, 0.05) is 12.2 Å². The number of rotatable bonds is 5. The Morgan fingerprint density at radius 3 is 2.31 bits per heavy atom. The van der Waals surface area contributed by atoms with Crippen LogP contribution in [0.1, 0.15) is 41.7 Å². The normalized spacial score (nSPS) is 20.2. The van der Waals surface area contributed by atoms with Crippen LogP contribution in [0.3, 0.4) is 0 Å². The third kappa shape index (κ3) is 5.61. The van der Waals surface area contributed by atoms with Crippen LogP contribution in [0.5, 0.6) is 0 Å². The lowest BCUT2D eigenvalue weighted by atomic mass is 9.95. The molecule has 0 radical (unpaired) electrons. The van der Waals surface area contributed by atoms with E-state index in [0.29, 0.717) is 10.7 Å². The summed E-state index contributed by atoms with van der Waals surface area (Å²) in [4.78, 5) is 11.9. The van der Waals surface area contributed by atoms with Crippen LogP contribution in [0.25, 0.3) is 0 Å². The van der Waals surface area contributed by atoms with E-state index in [4.69, 9.17) is 0 Å². The number of halogens is 6. The van der Waals surface area contributed by atoms with E-state index in [0.717, 1.165) is 30.5 Å². The van der Waals surface area contributed by atoms with Gasteiger partial charge in [-0.1, -0.05) is 6.07 Å². The van der Waals surface area contributed by atoms with Crippen LogP contribution >= 0.6 is 0 Å². The Hall–Kier alpha value is -2.57. The fourth-order valence-corrected chi connectivity index (χ4v) is 5.48. The molecule has 32 heavy (non-hydrogen) atoms. The molecule has 1 saturated carbocycles. The largest absolute Gasteiger partial charge is 0.416 e. The SMILES string of the molecule is O=C(N[C@H]1CC[C@H](S(=O)(=O)c2cccc(C(F)(F)F)c2)CC1)c1ccnn1CC(F)(F)F. The molecule has 0 bridgehead atoms. The highest BCUT2D eigenvalue weighted by Gasteiger charge is 2.36. The van der Waals surface area contributed by atoms with Gasteiger partial charge in [-0.15, -0.1) is 0 Å². The number of benzene rings is 1. The molecule has 1 aromatic carbocycles. The standard InChI is InChI=1S/C19H19F6N3O3S/c20-18(21,22)11-28-16(8-9-26-28)17(29)27-13-4-6-14(7-5-13)32(30,31)15-3-1-2-12(10-15)19(23,24)25/h1-3,8-10,13-14H,4-7,11H2,(H,27,29)/t13-,14-. The Bertz CT molecular complexity index is 1070. The van der Waals surface area contributed by atoms with Gasteiger partial charge in [0.25, 0.3) is 5.91 Å². The second-order valence-electron chi connectivity index (χ2n) is 7.51. The molecule has 3 rings (SSSR count). The van der Waals surface area contributed by atoms with Crippen molar-refractivity contribution in [1.82, 2.24) is 15.1 Å². The van der Waals surface area contributed by atoms with E-state index >= 15 is 0 Å². The lowest BCUT2D eigenvalue weighted by molar-refractivity contribution is -0.142. The molecule has 1 aliphatic rings. The summed E-state index contributed by atoms with van der Waals surface area (Å²) in [6, 6.07) is 4.20. The summed E-state index contributed by atoms with van der Waals surface area (Å²) in [5.41, 5.74) is -1.34. The van der Waals surface area contributed by atoms with Gasteiger partial charge in [0.2, 0.25) is 0 Å². The van der Waals surface area contributed by atoms with E-state index in [9.17, 15) is 39.6 Å². The minimum absolute atomic E-state index is 0.0886. The van der Waals surface area contributed by atoms with Gasteiger partial charge in [-0.2, -0.15) is 31.4 Å². The van der Waals surface area contributed by atoms with Crippen molar-refractivity contribution in [3.05, 3.63) is 47.8 Å². The predicted octanol–water partition coefficient (Wildman–Crippen LogP) is 3.98. The number of carbonyl (C=O) groups is 1. The number of hydrogen-bond donors (Lipinski definition) is 1. The Morgan fingerprint density at radius 2 is 1.72 bits per heavy atom. The number of nitrogens with zero attached hydrogens (tertiary/aromatic N) is 2. The Kier molecular flexibility index (Phi) is 6.59. The quantitative estimate of drug-likeness (QED) is 0.653. The summed E-state index contributed by atoms with van der Waals surface area (Å²) in [7, 11) is -4.02. The van der Waals surface area contributed by atoms with Crippen molar-refractivity contribution >= 4 is 15.7 Å². The Balaban J connectivity index is 1.63. The first-order valence-electron chi connectivity index (χ1n) is 9.58. The summed E-state index contributed by atoms with van der Waals surface area (Å²) in [6.45, 7) is -1.43. The molecule has 1 aliphatic carbocycles. The van der Waals surface area contributed by atoms with Gasteiger partial charge in [0.1, 0.15) is 12.2 Å². The lowest BCUT2D eigenvalue weighted by Gasteiger charge is -2.29. The van der Waals surface area contributed by atoms with Gasteiger partial charge >= 0.3 is 12.4 Å². The summed E-state index contributed by atoms with van der Waals surface area (Å²) < 4.78 is 103. The van der Waals surface area contributed by atoms with E-state index in [1.54, 1.807) is 0 Å². The van der Waals surface area contributed by atoms with Crippen LogP contribution in [-0.4, -0.2) is 41.6 Å². The number of carbonyl (C=O) groups excluding carboxylic acids is 1. The average molecular weight is 483 g/mol. The van der Waals surface area contributed by atoms with Crippen molar-refractivity contribution in [2.24, 2.45) is 0 Å². The van der Waals surface area contributed by atoms with E-state index < -0.39 is 56.4 Å². The monoisotopic (exact) mass is 483 g/mol. The van der Waals surface area contributed by atoms with Gasteiger partial charge in [-0.3, -0.25) is 9.48 Å². The maximum Gasteiger partial charge on any atom is 0.416 e. The first kappa shape index (κ1) is 24.1. The fourth-order valence-electron chi connectivity index (χ4n) is 3.64. The average Bonchev–Trinajstić information content (AvgIpc) is 3.14. The molecule has 1 aromatic heterocycles. The molecule has 0 saturated heterocycles. The topological polar surface area (TPSA) is 81.1 Å². The fraction of sp³-hybridized carbons (Fsp3) is 0.474. The number of aromatic nitrogens is 2. The minimum atomic E-state index is -4.67. The second kappa shape index (κ2) is 8.75. The third-order valence-electron chi connectivity index (χ3n) is 5.22. The first-order valence-corrected chi connectivity index (χ1v) is 11.1. The van der Waals surface area contributed by atoms with E-state index in [1.165, 1.54) is 0 Å². The first-order chi connectivity index (χ1) is 14.8. The molecule has 0 atom stereocenters. The van der Waals surface area contributed by atoms with Crippen LogP contribution in [0.4, 0.5) is 26.3 Å². The van der Waals surface area contributed by atoms with Crippen LogP contribution in [-0.2, 0) is 22.6 Å². The van der Waals surface area contributed by atoms with Crippen molar-refractivity contribution in [1.29, 1.82) is 0 Å². The molecule has 0 aliphatic heterocycles. The van der Waals surface area contributed by atoms with Crippen molar-refractivity contribution in [2.45, 2.75) is 60.8 Å². The van der Waals surface area contributed by atoms with Gasteiger partial charge in [0.15, 0.2) is 9.84 Å². The van der Waals surface area contributed by atoms with E-state index in [-0.39, 0.29) is 31.4 Å². The Morgan fingerprint density at radius 1 is 1.06 bits per heavy atom. The molecule has 2 aromatic rings. The molecule has 1 fully saturated rings. The maximum absolute atomic E-state index is 12.9. The molecule has 176 valence electrons. The minimum Gasteiger partial charge on any atom is -0.348 e. The van der Waals surface area contributed by atoms with Crippen LogP contribution < -0.4 is 5.32 Å². The maximum atomic E-state index is 12.9. The van der Waals surface area contributed by atoms with Gasteiger partial charge in [0.05, 0.1) is 15.7 Å². The number of hydrogen-bond acceptors (Lipinski definition) is 4. The smallest absolute Gasteiger partial charge is 0.348 e. The summed E-state index contributed by atoms with van der Waals surface area (Å²) >= 11 is 0. The molecular weight excluding hydrogens is 464 g/mol. The molecule has 1 heterocycles.